The van der Waals surface area contributed by atoms with Crippen LogP contribution in [0.3, 0.4) is 0 Å². The minimum absolute atomic E-state index is 0.423. The number of nitrogens with zero attached hydrogens (tertiary/aromatic N) is 5. The molecule has 1 aliphatic heterocycles. The van der Waals surface area contributed by atoms with E-state index in [-0.39, 0.29) is 0 Å². The van der Waals surface area contributed by atoms with Gasteiger partial charge in [0.05, 0.1) is 5.69 Å². The van der Waals surface area contributed by atoms with Gasteiger partial charge in [-0.3, -0.25) is 4.68 Å². The zero-order valence-corrected chi connectivity index (χ0v) is 13.9. The summed E-state index contributed by atoms with van der Waals surface area (Å²) in [5.41, 5.74) is 1.08. The molecule has 6 heteroatoms. The summed E-state index contributed by atoms with van der Waals surface area (Å²) in [6.07, 6.45) is 5.37. The highest BCUT2D eigenvalue weighted by Crippen LogP contribution is 2.13. The second-order valence-electron chi connectivity index (χ2n) is 6.31. The monoisotopic (exact) mass is 294 g/mol. The van der Waals surface area contributed by atoms with E-state index in [0.29, 0.717) is 12.1 Å². The van der Waals surface area contributed by atoms with E-state index in [2.05, 4.69) is 46.4 Å². The third-order valence-electron chi connectivity index (χ3n) is 4.32. The molecule has 0 spiro atoms. The van der Waals surface area contributed by atoms with E-state index in [9.17, 15) is 0 Å². The average molecular weight is 294 g/mol. The van der Waals surface area contributed by atoms with Crippen LogP contribution in [0, 0.1) is 0 Å². The van der Waals surface area contributed by atoms with Gasteiger partial charge in [-0.05, 0) is 46.6 Å². The van der Waals surface area contributed by atoms with Crippen LogP contribution in [-0.4, -0.2) is 77.2 Å². The molecule has 1 saturated heterocycles. The van der Waals surface area contributed by atoms with Crippen LogP contribution in [-0.2, 0) is 13.5 Å². The first-order valence-corrected chi connectivity index (χ1v) is 8.07. The molecular formula is C15H30N6. The van der Waals surface area contributed by atoms with Gasteiger partial charge in [-0.1, -0.05) is 12.1 Å². The van der Waals surface area contributed by atoms with E-state index < -0.39 is 0 Å². The van der Waals surface area contributed by atoms with Crippen LogP contribution in [0.2, 0.25) is 0 Å². The lowest BCUT2D eigenvalue weighted by atomic mass is 10.0. The van der Waals surface area contributed by atoms with E-state index >= 15 is 0 Å². The molecule has 120 valence electrons. The molecule has 1 aliphatic rings. The van der Waals surface area contributed by atoms with Crippen LogP contribution in [0.5, 0.6) is 0 Å². The van der Waals surface area contributed by atoms with Crippen LogP contribution in [0.15, 0.2) is 6.20 Å². The molecule has 0 radical (unpaired) electrons. The molecule has 21 heavy (non-hydrogen) atoms. The molecule has 0 amide bonds. The highest BCUT2D eigenvalue weighted by molar-refractivity contribution is 5.00. The third kappa shape index (κ3) is 4.76. The molecule has 1 aromatic rings. The Labute approximate surface area is 128 Å². The summed E-state index contributed by atoms with van der Waals surface area (Å²) in [6.45, 7) is 6.73. The van der Waals surface area contributed by atoms with E-state index in [0.717, 1.165) is 31.6 Å². The normalized spacial score (nSPS) is 23.1. The molecule has 2 atom stereocenters. The number of nitrogens with one attached hydrogen (secondary N) is 1. The van der Waals surface area contributed by atoms with Crippen molar-refractivity contribution in [2.45, 2.75) is 38.3 Å². The van der Waals surface area contributed by atoms with Gasteiger partial charge in [0.1, 0.15) is 0 Å². The van der Waals surface area contributed by atoms with E-state index in [1.54, 1.807) is 4.68 Å². The minimum Gasteiger partial charge on any atom is -0.312 e. The van der Waals surface area contributed by atoms with Gasteiger partial charge < -0.3 is 15.1 Å². The van der Waals surface area contributed by atoms with Crippen molar-refractivity contribution in [3.63, 3.8) is 0 Å². The summed E-state index contributed by atoms with van der Waals surface area (Å²) in [5, 5.41) is 12.1. The number of rotatable bonds is 6. The van der Waals surface area contributed by atoms with Gasteiger partial charge in [0, 0.05) is 38.3 Å². The van der Waals surface area contributed by atoms with Gasteiger partial charge >= 0.3 is 0 Å². The molecule has 0 aromatic carbocycles. The predicted molar refractivity (Wildman–Crippen MR) is 85.3 cm³/mol. The Morgan fingerprint density at radius 2 is 2.14 bits per heavy atom. The maximum Gasteiger partial charge on any atom is 0.0843 e. The number of hydrogen-bond acceptors (Lipinski definition) is 5. The van der Waals surface area contributed by atoms with Crippen molar-refractivity contribution in [1.82, 2.24) is 30.1 Å². The van der Waals surface area contributed by atoms with Crippen molar-refractivity contribution in [2.24, 2.45) is 7.05 Å². The molecule has 6 nitrogen and oxygen atoms in total. The van der Waals surface area contributed by atoms with Crippen molar-refractivity contribution in [3.05, 3.63) is 11.9 Å². The summed E-state index contributed by atoms with van der Waals surface area (Å²) in [6, 6.07) is 0.943. The second kappa shape index (κ2) is 7.87. The van der Waals surface area contributed by atoms with E-state index in [4.69, 9.17) is 0 Å². The fraction of sp³-hybridized carbons (Fsp3) is 0.867. The van der Waals surface area contributed by atoms with Gasteiger partial charge in [-0.2, -0.15) is 0 Å². The fourth-order valence-corrected chi connectivity index (χ4v) is 3.13. The first-order valence-electron chi connectivity index (χ1n) is 8.07. The summed E-state index contributed by atoms with van der Waals surface area (Å²) >= 11 is 0. The number of aromatic nitrogens is 3. The molecule has 0 aliphatic carbocycles. The Bertz CT molecular complexity index is 418. The van der Waals surface area contributed by atoms with Crippen LogP contribution in [0.4, 0.5) is 0 Å². The smallest absolute Gasteiger partial charge is 0.0843 e. The van der Waals surface area contributed by atoms with Gasteiger partial charge in [0.25, 0.3) is 0 Å². The van der Waals surface area contributed by atoms with E-state index in [1.807, 2.05) is 13.2 Å². The summed E-state index contributed by atoms with van der Waals surface area (Å²) < 4.78 is 1.79. The lowest BCUT2D eigenvalue weighted by molar-refractivity contribution is 0.176. The molecule has 0 saturated carbocycles. The molecule has 2 heterocycles. The fourth-order valence-electron chi connectivity index (χ4n) is 3.13. The molecule has 2 unspecified atom stereocenters. The Kier molecular flexibility index (Phi) is 6.14. The molecule has 0 bridgehead atoms. The van der Waals surface area contributed by atoms with Gasteiger partial charge in [-0.15, -0.1) is 5.10 Å². The quantitative estimate of drug-likeness (QED) is 0.821. The van der Waals surface area contributed by atoms with Crippen LogP contribution < -0.4 is 5.32 Å². The second-order valence-corrected chi connectivity index (χ2v) is 6.31. The molecule has 1 fully saturated rings. The average Bonchev–Trinajstić information content (AvgIpc) is 2.78. The van der Waals surface area contributed by atoms with Crippen molar-refractivity contribution in [1.29, 1.82) is 0 Å². The highest BCUT2D eigenvalue weighted by Gasteiger charge is 2.28. The molecule has 2 rings (SSSR count). The first kappa shape index (κ1) is 16.4. The zero-order chi connectivity index (χ0) is 15.2. The lowest BCUT2D eigenvalue weighted by Crippen LogP contribution is -2.53. The molecule has 1 N–H and O–H groups in total. The topological polar surface area (TPSA) is 49.2 Å². The van der Waals surface area contributed by atoms with Gasteiger partial charge in [0.15, 0.2) is 0 Å². The van der Waals surface area contributed by atoms with Crippen LogP contribution >= 0.6 is 0 Å². The highest BCUT2D eigenvalue weighted by atomic mass is 15.4. The Morgan fingerprint density at radius 1 is 1.33 bits per heavy atom. The summed E-state index contributed by atoms with van der Waals surface area (Å²) in [4.78, 5) is 4.96. The molecule has 1 aromatic heterocycles. The standard InChI is InChI=1S/C15H30N6/c1-5-7-16-14(10-13-11-21(4)18-17-13)15-12-19(2)8-6-9-20(15)3/h11,14-16H,5-10,12H2,1-4H3. The Morgan fingerprint density at radius 3 is 2.81 bits per heavy atom. The molecular weight excluding hydrogens is 264 g/mol. The Balaban J connectivity index is 2.08. The van der Waals surface area contributed by atoms with Crippen molar-refractivity contribution in [2.75, 3.05) is 40.3 Å². The largest absolute Gasteiger partial charge is 0.312 e. The van der Waals surface area contributed by atoms with Crippen molar-refractivity contribution >= 4 is 0 Å². The summed E-state index contributed by atoms with van der Waals surface area (Å²) in [7, 11) is 6.41. The van der Waals surface area contributed by atoms with Crippen molar-refractivity contribution < 1.29 is 0 Å². The third-order valence-corrected chi connectivity index (χ3v) is 4.32. The summed E-state index contributed by atoms with van der Waals surface area (Å²) in [5.74, 6) is 0. The van der Waals surface area contributed by atoms with Crippen molar-refractivity contribution in [3.8, 4) is 0 Å². The zero-order valence-electron chi connectivity index (χ0n) is 13.9. The number of aryl methyl sites for hydroxylation is 1. The first-order chi connectivity index (χ1) is 10.1. The maximum atomic E-state index is 4.27. The predicted octanol–water partition coefficient (Wildman–Crippen LogP) is 0.362. The van der Waals surface area contributed by atoms with Gasteiger partial charge in [-0.25, -0.2) is 0 Å². The minimum atomic E-state index is 0.423. The Hall–Kier alpha value is -0.980. The SMILES string of the molecule is CCCNC(Cc1cn(C)nn1)C1CN(C)CCCN1C. The van der Waals surface area contributed by atoms with Gasteiger partial charge in [0.2, 0.25) is 0 Å². The maximum absolute atomic E-state index is 4.27. The van der Waals surface area contributed by atoms with Crippen LogP contribution in [0.1, 0.15) is 25.5 Å². The number of hydrogen-bond donors (Lipinski definition) is 1. The van der Waals surface area contributed by atoms with E-state index in [1.165, 1.54) is 19.5 Å². The number of likely N-dealkylation sites (N-methyl/N-ethyl adjacent to an activating group) is 2. The lowest BCUT2D eigenvalue weighted by Gasteiger charge is -2.35. The van der Waals surface area contributed by atoms with Crippen LogP contribution in [0.25, 0.3) is 0 Å².